The summed E-state index contributed by atoms with van der Waals surface area (Å²) in [5, 5.41) is 2.56. The Morgan fingerprint density at radius 3 is 2.48 bits per heavy atom. The number of rotatable bonds is 5. The molecule has 0 atom stereocenters. The van der Waals surface area contributed by atoms with Crippen LogP contribution in [0, 0.1) is 0 Å². The first-order chi connectivity index (χ1) is 10.7. The average Bonchev–Trinajstić information content (AvgIpc) is 2.44. The molecule has 0 bridgehead atoms. The molecule has 1 aromatic rings. The number of allylic oxidation sites excluding steroid dienone is 1. The van der Waals surface area contributed by atoms with Crippen molar-refractivity contribution in [2.24, 2.45) is 0 Å². The van der Waals surface area contributed by atoms with Crippen molar-refractivity contribution in [1.82, 2.24) is 4.98 Å². The maximum atomic E-state index is 11.7. The van der Waals surface area contributed by atoms with Crippen molar-refractivity contribution in [3.05, 3.63) is 35.5 Å². The predicted molar refractivity (Wildman–Crippen MR) is 88.2 cm³/mol. The van der Waals surface area contributed by atoms with Crippen LogP contribution in [0.25, 0.3) is 0 Å². The van der Waals surface area contributed by atoms with E-state index in [1.165, 1.54) is 0 Å². The lowest BCUT2D eigenvalue weighted by atomic mass is 10.1. The van der Waals surface area contributed by atoms with Crippen LogP contribution >= 0.6 is 0 Å². The number of hydrogen-bond donors (Lipinski definition) is 1. The zero-order valence-electron chi connectivity index (χ0n) is 14.3. The number of amides is 1. The summed E-state index contributed by atoms with van der Waals surface area (Å²) in [5.74, 6) is 0.0621. The van der Waals surface area contributed by atoms with Gasteiger partial charge in [0.15, 0.2) is 0 Å². The van der Waals surface area contributed by atoms with Crippen LogP contribution in [-0.4, -0.2) is 29.3 Å². The third kappa shape index (κ3) is 6.95. The summed E-state index contributed by atoms with van der Waals surface area (Å²) in [6.07, 6.45) is 3.20. The molecule has 0 aliphatic heterocycles. The Morgan fingerprint density at radius 1 is 1.30 bits per heavy atom. The van der Waals surface area contributed by atoms with E-state index in [1.54, 1.807) is 59.0 Å². The summed E-state index contributed by atoms with van der Waals surface area (Å²) >= 11 is 0. The lowest BCUT2D eigenvalue weighted by Crippen LogP contribution is -2.27. The third-order valence-corrected chi connectivity index (χ3v) is 2.73. The van der Waals surface area contributed by atoms with Gasteiger partial charge in [0, 0.05) is 18.2 Å². The molecule has 1 aromatic heterocycles. The Labute approximate surface area is 136 Å². The Morgan fingerprint density at radius 2 is 2.00 bits per heavy atom. The van der Waals surface area contributed by atoms with Crippen molar-refractivity contribution in [1.29, 1.82) is 0 Å². The molecular formula is C17H24N2O4. The van der Waals surface area contributed by atoms with Crippen LogP contribution < -0.4 is 5.32 Å². The van der Waals surface area contributed by atoms with E-state index in [2.05, 4.69) is 10.3 Å². The van der Waals surface area contributed by atoms with Gasteiger partial charge in [0.1, 0.15) is 11.4 Å². The predicted octanol–water partition coefficient (Wildman–Crippen LogP) is 3.48. The number of ether oxygens (including phenoxy) is 2. The van der Waals surface area contributed by atoms with Gasteiger partial charge in [-0.2, -0.15) is 0 Å². The second-order valence-electron chi connectivity index (χ2n) is 5.89. The standard InChI is InChI=1S/C17H24N2O4/c1-6-13(15(20)22-7-2)10-12-8-9-14(18-11-12)19-16(21)23-17(3,4)5/h6,8-9,11H,7,10H2,1-5H3,(H,18,19,21)/b13-6+. The maximum absolute atomic E-state index is 11.7. The molecule has 0 aliphatic rings. The number of carbonyl (C=O) groups is 2. The van der Waals surface area contributed by atoms with E-state index in [0.717, 1.165) is 5.56 Å². The summed E-state index contributed by atoms with van der Waals surface area (Å²) < 4.78 is 10.1. The molecule has 6 nitrogen and oxygen atoms in total. The first-order valence-electron chi connectivity index (χ1n) is 7.52. The van der Waals surface area contributed by atoms with Gasteiger partial charge >= 0.3 is 12.1 Å². The first-order valence-corrected chi connectivity index (χ1v) is 7.52. The largest absolute Gasteiger partial charge is 0.463 e. The fourth-order valence-electron chi connectivity index (χ4n) is 1.75. The molecule has 0 saturated heterocycles. The minimum atomic E-state index is -0.565. The van der Waals surface area contributed by atoms with Crippen LogP contribution in [-0.2, 0) is 20.7 Å². The van der Waals surface area contributed by atoms with Gasteiger partial charge < -0.3 is 9.47 Å². The fourth-order valence-corrected chi connectivity index (χ4v) is 1.75. The summed E-state index contributed by atoms with van der Waals surface area (Å²) in [6.45, 7) is 9.26. The molecule has 0 spiro atoms. The molecule has 0 radical (unpaired) electrons. The molecule has 0 saturated carbocycles. The van der Waals surface area contributed by atoms with Crippen LogP contribution in [0.3, 0.4) is 0 Å². The number of carbonyl (C=O) groups excluding carboxylic acids is 2. The van der Waals surface area contributed by atoms with E-state index in [4.69, 9.17) is 9.47 Å². The molecular weight excluding hydrogens is 296 g/mol. The minimum absolute atomic E-state index is 0.328. The van der Waals surface area contributed by atoms with Gasteiger partial charge in [-0.1, -0.05) is 12.1 Å². The van der Waals surface area contributed by atoms with Crippen molar-refractivity contribution in [2.75, 3.05) is 11.9 Å². The van der Waals surface area contributed by atoms with Gasteiger partial charge in [0.2, 0.25) is 0 Å². The second-order valence-corrected chi connectivity index (χ2v) is 5.89. The normalized spacial score (nSPS) is 11.8. The number of nitrogens with zero attached hydrogens (tertiary/aromatic N) is 1. The van der Waals surface area contributed by atoms with E-state index < -0.39 is 11.7 Å². The number of anilines is 1. The van der Waals surface area contributed by atoms with Gasteiger partial charge in [-0.05, 0) is 46.2 Å². The molecule has 23 heavy (non-hydrogen) atoms. The zero-order chi connectivity index (χ0) is 17.5. The van der Waals surface area contributed by atoms with Crippen LogP contribution in [0.4, 0.5) is 10.6 Å². The number of esters is 1. The van der Waals surface area contributed by atoms with Crippen molar-refractivity contribution >= 4 is 17.9 Å². The average molecular weight is 320 g/mol. The van der Waals surface area contributed by atoms with E-state index in [0.29, 0.717) is 24.4 Å². The van der Waals surface area contributed by atoms with E-state index in [9.17, 15) is 9.59 Å². The number of nitrogens with one attached hydrogen (secondary N) is 1. The molecule has 6 heteroatoms. The summed E-state index contributed by atoms with van der Waals surface area (Å²) in [6, 6.07) is 3.46. The van der Waals surface area contributed by atoms with Gasteiger partial charge in [-0.25, -0.2) is 14.6 Å². The lowest BCUT2D eigenvalue weighted by Gasteiger charge is -2.19. The van der Waals surface area contributed by atoms with Crippen molar-refractivity contribution in [3.8, 4) is 0 Å². The number of pyridine rings is 1. The summed E-state index contributed by atoms with van der Waals surface area (Å²) in [4.78, 5) is 27.5. The Hall–Kier alpha value is -2.37. The maximum Gasteiger partial charge on any atom is 0.413 e. The van der Waals surface area contributed by atoms with Crippen molar-refractivity contribution in [2.45, 2.75) is 46.6 Å². The molecule has 0 aliphatic carbocycles. The molecule has 1 N–H and O–H groups in total. The fraction of sp³-hybridized carbons (Fsp3) is 0.471. The molecule has 1 amide bonds. The smallest absolute Gasteiger partial charge is 0.413 e. The highest BCUT2D eigenvalue weighted by Crippen LogP contribution is 2.13. The van der Waals surface area contributed by atoms with Crippen LogP contribution in [0.1, 0.15) is 40.2 Å². The van der Waals surface area contributed by atoms with Crippen LogP contribution in [0.2, 0.25) is 0 Å². The highest BCUT2D eigenvalue weighted by Gasteiger charge is 2.16. The van der Waals surface area contributed by atoms with E-state index >= 15 is 0 Å². The van der Waals surface area contributed by atoms with Crippen molar-refractivity contribution in [3.63, 3.8) is 0 Å². The van der Waals surface area contributed by atoms with Crippen molar-refractivity contribution < 1.29 is 19.1 Å². The van der Waals surface area contributed by atoms with E-state index in [1.807, 2.05) is 0 Å². The Balaban J connectivity index is 2.66. The topological polar surface area (TPSA) is 77.5 Å². The van der Waals surface area contributed by atoms with Gasteiger partial charge in [0.05, 0.1) is 6.61 Å². The van der Waals surface area contributed by atoms with E-state index in [-0.39, 0.29) is 5.97 Å². The quantitative estimate of drug-likeness (QED) is 0.664. The van der Waals surface area contributed by atoms with Gasteiger partial charge in [-0.15, -0.1) is 0 Å². The second kappa shape index (κ2) is 8.31. The Bertz CT molecular complexity index is 571. The molecule has 126 valence electrons. The van der Waals surface area contributed by atoms with Crippen LogP contribution in [0.5, 0.6) is 0 Å². The SMILES string of the molecule is C/C=C(\Cc1ccc(NC(=O)OC(C)(C)C)nc1)C(=O)OCC. The zero-order valence-corrected chi connectivity index (χ0v) is 14.3. The summed E-state index contributed by atoms with van der Waals surface area (Å²) in [7, 11) is 0. The summed E-state index contributed by atoms with van der Waals surface area (Å²) in [5.41, 5.74) is 0.854. The number of aromatic nitrogens is 1. The first kappa shape index (κ1) is 18.7. The highest BCUT2D eigenvalue weighted by molar-refractivity contribution is 5.89. The molecule has 1 heterocycles. The van der Waals surface area contributed by atoms with Gasteiger partial charge in [-0.3, -0.25) is 5.32 Å². The molecule has 0 unspecified atom stereocenters. The monoisotopic (exact) mass is 320 g/mol. The number of hydrogen-bond acceptors (Lipinski definition) is 5. The highest BCUT2D eigenvalue weighted by atomic mass is 16.6. The van der Waals surface area contributed by atoms with Crippen LogP contribution in [0.15, 0.2) is 30.0 Å². The lowest BCUT2D eigenvalue weighted by molar-refractivity contribution is -0.138. The molecule has 0 aromatic carbocycles. The Kier molecular flexibility index (Phi) is 6.75. The molecule has 0 fully saturated rings. The third-order valence-electron chi connectivity index (χ3n) is 2.73. The minimum Gasteiger partial charge on any atom is -0.463 e. The molecule has 1 rings (SSSR count). The van der Waals surface area contributed by atoms with Gasteiger partial charge in [0.25, 0.3) is 0 Å².